The standard InChI is InChI=1S/C22H24N4O/c1-25-13-17(16-9-5-6-10-20(16)25)22(27)26-12-11-19-18(14-26)21(24-23-19)15-7-3-2-4-8-15/h2-10,13,18-19,21,23-24H,11-12,14H2,1H3. The molecule has 2 aromatic carbocycles. The molecule has 2 saturated heterocycles. The van der Waals surface area contributed by atoms with Crippen molar-refractivity contribution in [2.24, 2.45) is 13.0 Å². The summed E-state index contributed by atoms with van der Waals surface area (Å²) in [4.78, 5) is 15.4. The van der Waals surface area contributed by atoms with Crippen molar-refractivity contribution in [3.05, 3.63) is 71.9 Å². The van der Waals surface area contributed by atoms with E-state index in [2.05, 4.69) is 41.2 Å². The summed E-state index contributed by atoms with van der Waals surface area (Å²) in [5, 5.41) is 1.04. The number of rotatable bonds is 2. The number of carbonyl (C=O) groups is 1. The number of benzene rings is 2. The first-order chi connectivity index (χ1) is 13.2. The smallest absolute Gasteiger partial charge is 0.256 e. The van der Waals surface area contributed by atoms with Gasteiger partial charge in [-0.3, -0.25) is 10.2 Å². The lowest BCUT2D eigenvalue weighted by Gasteiger charge is -2.36. The van der Waals surface area contributed by atoms with E-state index in [0.29, 0.717) is 12.0 Å². The number of carbonyl (C=O) groups excluding carboxylic acids is 1. The molecule has 2 N–H and O–H groups in total. The fraction of sp³-hybridized carbons (Fsp3) is 0.318. The fourth-order valence-corrected chi connectivity index (χ4v) is 4.66. The maximum Gasteiger partial charge on any atom is 0.256 e. The van der Waals surface area contributed by atoms with E-state index >= 15 is 0 Å². The molecule has 0 spiro atoms. The number of hydrogen-bond donors (Lipinski definition) is 2. The molecule has 2 aliphatic rings. The summed E-state index contributed by atoms with van der Waals surface area (Å²) >= 11 is 0. The summed E-state index contributed by atoms with van der Waals surface area (Å²) in [6.45, 7) is 1.56. The van der Waals surface area contributed by atoms with Crippen molar-refractivity contribution >= 4 is 16.8 Å². The van der Waals surface area contributed by atoms with E-state index in [1.165, 1.54) is 5.56 Å². The molecular formula is C22H24N4O. The largest absolute Gasteiger partial charge is 0.350 e. The van der Waals surface area contributed by atoms with E-state index in [9.17, 15) is 4.79 Å². The van der Waals surface area contributed by atoms with E-state index in [0.717, 1.165) is 36.0 Å². The maximum atomic E-state index is 13.3. The molecule has 2 aliphatic heterocycles. The average Bonchev–Trinajstić information content (AvgIpc) is 3.29. The summed E-state index contributed by atoms with van der Waals surface area (Å²) in [6, 6.07) is 19.3. The van der Waals surface area contributed by atoms with Gasteiger partial charge in [-0.2, -0.15) is 0 Å². The highest BCUT2D eigenvalue weighted by Crippen LogP contribution is 2.34. The van der Waals surface area contributed by atoms with Gasteiger partial charge in [-0.05, 0) is 18.1 Å². The second-order valence-electron chi connectivity index (χ2n) is 7.66. The lowest BCUT2D eigenvalue weighted by Crippen LogP contribution is -2.47. The summed E-state index contributed by atoms with van der Waals surface area (Å²) in [5.41, 5.74) is 10.1. The van der Waals surface area contributed by atoms with Crippen LogP contribution in [0.15, 0.2) is 60.8 Å². The van der Waals surface area contributed by atoms with Gasteiger partial charge >= 0.3 is 0 Å². The van der Waals surface area contributed by atoms with Crippen molar-refractivity contribution in [3.63, 3.8) is 0 Å². The highest BCUT2D eigenvalue weighted by molar-refractivity contribution is 6.07. The van der Waals surface area contributed by atoms with Crippen LogP contribution in [0, 0.1) is 5.92 Å². The Hall–Kier alpha value is -2.63. The van der Waals surface area contributed by atoms with Crippen LogP contribution in [-0.2, 0) is 7.05 Å². The first kappa shape index (κ1) is 16.5. The van der Waals surface area contributed by atoms with Gasteiger partial charge in [-0.1, -0.05) is 48.5 Å². The van der Waals surface area contributed by atoms with Crippen molar-refractivity contribution in [2.45, 2.75) is 18.5 Å². The van der Waals surface area contributed by atoms with E-state index < -0.39 is 0 Å². The highest BCUT2D eigenvalue weighted by Gasteiger charge is 2.41. The van der Waals surface area contributed by atoms with Crippen LogP contribution in [0.25, 0.3) is 10.9 Å². The van der Waals surface area contributed by atoms with Gasteiger partial charge < -0.3 is 9.47 Å². The molecule has 5 rings (SSSR count). The number of nitrogens with zero attached hydrogens (tertiary/aromatic N) is 2. The highest BCUT2D eigenvalue weighted by atomic mass is 16.2. The number of likely N-dealkylation sites (tertiary alicyclic amines) is 1. The van der Waals surface area contributed by atoms with Crippen molar-refractivity contribution < 1.29 is 4.79 Å². The van der Waals surface area contributed by atoms with Gasteiger partial charge in [0.25, 0.3) is 5.91 Å². The molecule has 0 radical (unpaired) electrons. The van der Waals surface area contributed by atoms with Gasteiger partial charge in [-0.15, -0.1) is 0 Å². The SMILES string of the molecule is Cn1cc(C(=O)N2CCC3NNC(c4ccccc4)C3C2)c2ccccc21. The van der Waals surface area contributed by atoms with Crippen molar-refractivity contribution in [1.82, 2.24) is 20.3 Å². The molecular weight excluding hydrogens is 336 g/mol. The van der Waals surface area contributed by atoms with Gasteiger partial charge in [0.15, 0.2) is 0 Å². The number of hydrazine groups is 1. The average molecular weight is 360 g/mol. The predicted molar refractivity (Wildman–Crippen MR) is 106 cm³/mol. The molecule has 1 aromatic heterocycles. The summed E-state index contributed by atoms with van der Waals surface area (Å²) in [7, 11) is 2.00. The van der Waals surface area contributed by atoms with Crippen LogP contribution < -0.4 is 10.9 Å². The van der Waals surface area contributed by atoms with Crippen molar-refractivity contribution in [1.29, 1.82) is 0 Å². The topological polar surface area (TPSA) is 49.3 Å². The molecule has 1 amide bonds. The first-order valence-electron chi connectivity index (χ1n) is 9.62. The van der Waals surface area contributed by atoms with Crippen LogP contribution in [0.1, 0.15) is 28.4 Å². The first-order valence-corrected chi connectivity index (χ1v) is 9.62. The minimum atomic E-state index is 0.143. The number of hydrogen-bond acceptors (Lipinski definition) is 3. The minimum Gasteiger partial charge on any atom is -0.350 e. The predicted octanol–water partition coefficient (Wildman–Crippen LogP) is 2.86. The zero-order chi connectivity index (χ0) is 18.4. The molecule has 5 heteroatoms. The second-order valence-corrected chi connectivity index (χ2v) is 7.66. The van der Waals surface area contributed by atoms with Gasteiger partial charge in [0.05, 0.1) is 11.6 Å². The minimum absolute atomic E-state index is 0.143. The van der Waals surface area contributed by atoms with Crippen molar-refractivity contribution in [2.75, 3.05) is 13.1 Å². The van der Waals surface area contributed by atoms with Gasteiger partial charge in [0, 0.05) is 49.2 Å². The molecule has 27 heavy (non-hydrogen) atoms. The quantitative estimate of drug-likeness (QED) is 0.739. The number of aromatic nitrogens is 1. The van der Waals surface area contributed by atoms with Gasteiger partial charge in [-0.25, -0.2) is 5.43 Å². The van der Waals surface area contributed by atoms with E-state index in [-0.39, 0.29) is 11.9 Å². The van der Waals surface area contributed by atoms with E-state index in [1.54, 1.807) is 0 Å². The molecule has 2 fully saturated rings. The molecule has 0 saturated carbocycles. The van der Waals surface area contributed by atoms with Gasteiger partial charge in [0.2, 0.25) is 0 Å². The summed E-state index contributed by atoms with van der Waals surface area (Å²) in [6.07, 6.45) is 2.94. The van der Waals surface area contributed by atoms with Gasteiger partial charge in [0.1, 0.15) is 0 Å². The van der Waals surface area contributed by atoms with E-state index in [4.69, 9.17) is 0 Å². The number of nitrogens with one attached hydrogen (secondary N) is 2. The van der Waals surface area contributed by atoms with Crippen molar-refractivity contribution in [3.8, 4) is 0 Å². The zero-order valence-corrected chi connectivity index (χ0v) is 15.4. The third-order valence-corrected chi connectivity index (χ3v) is 6.08. The van der Waals surface area contributed by atoms with Crippen LogP contribution in [0.5, 0.6) is 0 Å². The van der Waals surface area contributed by atoms with Crippen LogP contribution in [-0.4, -0.2) is 34.5 Å². The summed E-state index contributed by atoms with van der Waals surface area (Å²) in [5.74, 6) is 0.518. The number of amides is 1. The third kappa shape index (κ3) is 2.74. The van der Waals surface area contributed by atoms with Crippen LogP contribution >= 0.6 is 0 Å². The molecule has 138 valence electrons. The molecule has 3 atom stereocenters. The molecule has 0 bridgehead atoms. The van der Waals surface area contributed by atoms with Crippen LogP contribution in [0.2, 0.25) is 0 Å². The molecule has 3 aromatic rings. The Bertz CT molecular complexity index is 980. The molecule has 3 unspecified atom stereocenters. The zero-order valence-electron chi connectivity index (χ0n) is 15.4. The Labute approximate surface area is 158 Å². The Kier molecular flexibility index (Phi) is 3.99. The number of piperidine rings is 1. The lowest BCUT2D eigenvalue weighted by molar-refractivity contribution is 0.0654. The Morgan fingerprint density at radius 1 is 1.04 bits per heavy atom. The summed E-state index contributed by atoms with van der Waals surface area (Å²) < 4.78 is 2.04. The molecule has 0 aliphatic carbocycles. The number of fused-ring (bicyclic) bond motifs is 2. The Balaban J connectivity index is 1.42. The Morgan fingerprint density at radius 3 is 2.67 bits per heavy atom. The molecule has 3 heterocycles. The fourth-order valence-electron chi connectivity index (χ4n) is 4.66. The maximum absolute atomic E-state index is 13.3. The lowest BCUT2D eigenvalue weighted by atomic mass is 9.85. The van der Waals surface area contributed by atoms with Crippen LogP contribution in [0.3, 0.4) is 0 Å². The Morgan fingerprint density at radius 2 is 1.81 bits per heavy atom. The number of aryl methyl sites for hydroxylation is 1. The van der Waals surface area contributed by atoms with Crippen LogP contribution in [0.4, 0.5) is 0 Å². The van der Waals surface area contributed by atoms with E-state index in [1.807, 2.05) is 47.0 Å². The number of para-hydroxylation sites is 1. The molecule has 5 nitrogen and oxygen atoms in total. The third-order valence-electron chi connectivity index (χ3n) is 6.08. The monoisotopic (exact) mass is 360 g/mol. The normalized spacial score (nSPS) is 24.9. The second kappa shape index (κ2) is 6.51.